The van der Waals surface area contributed by atoms with Crippen LogP contribution >= 0.6 is 0 Å². The number of phenolic OH excluding ortho intramolecular Hbond substituents is 1. The molecule has 0 bridgehead atoms. The van der Waals surface area contributed by atoms with E-state index in [0.29, 0.717) is 16.9 Å². The average Bonchev–Trinajstić information content (AvgIpc) is 2.62. The second kappa shape index (κ2) is 7.98. The van der Waals surface area contributed by atoms with E-state index in [9.17, 15) is 14.7 Å². The maximum absolute atomic E-state index is 12.3. The number of benzene rings is 3. The van der Waals surface area contributed by atoms with Gasteiger partial charge in [0, 0.05) is 23.0 Å². The summed E-state index contributed by atoms with van der Waals surface area (Å²) < 4.78 is 0. The van der Waals surface area contributed by atoms with Gasteiger partial charge in [0.15, 0.2) is 0 Å². The molecule has 0 unspecified atom stereocenters. The summed E-state index contributed by atoms with van der Waals surface area (Å²) in [5.74, 6) is -0.402. The molecule has 0 saturated carbocycles. The molecule has 0 fully saturated rings. The lowest BCUT2D eigenvalue weighted by Crippen LogP contribution is -2.16. The SMILES string of the molecule is O=C(Cc1ccccc1)Nc1cccc(C(=O)Nc2cccc(O)c2)c1. The van der Waals surface area contributed by atoms with E-state index in [1.54, 1.807) is 36.4 Å². The number of hydrogen-bond acceptors (Lipinski definition) is 3. The Kier molecular flexibility index (Phi) is 5.29. The number of anilines is 2. The third kappa shape index (κ3) is 4.70. The molecular formula is C21H18N2O3. The predicted octanol–water partition coefficient (Wildman–Crippen LogP) is 3.83. The molecule has 130 valence electrons. The van der Waals surface area contributed by atoms with E-state index in [0.717, 1.165) is 5.56 Å². The van der Waals surface area contributed by atoms with Gasteiger partial charge in [0.25, 0.3) is 5.91 Å². The maximum Gasteiger partial charge on any atom is 0.255 e. The van der Waals surface area contributed by atoms with Crippen molar-refractivity contribution in [2.24, 2.45) is 0 Å². The largest absolute Gasteiger partial charge is 0.508 e. The molecule has 0 aliphatic carbocycles. The minimum Gasteiger partial charge on any atom is -0.508 e. The van der Waals surface area contributed by atoms with Gasteiger partial charge in [-0.2, -0.15) is 0 Å². The summed E-state index contributed by atoms with van der Waals surface area (Å²) in [4.78, 5) is 24.5. The zero-order chi connectivity index (χ0) is 18.4. The van der Waals surface area contributed by atoms with E-state index >= 15 is 0 Å². The van der Waals surface area contributed by atoms with Gasteiger partial charge in [-0.25, -0.2) is 0 Å². The van der Waals surface area contributed by atoms with Gasteiger partial charge < -0.3 is 15.7 Å². The molecule has 0 aromatic heterocycles. The Morgan fingerprint density at radius 2 is 1.46 bits per heavy atom. The standard InChI is InChI=1S/C21H18N2O3/c24-19-11-5-10-18(14-19)23-21(26)16-8-4-9-17(13-16)22-20(25)12-15-6-2-1-3-7-15/h1-11,13-14,24H,12H2,(H,22,25)(H,23,26). The lowest BCUT2D eigenvalue weighted by atomic mass is 10.1. The molecule has 3 N–H and O–H groups in total. The van der Waals surface area contributed by atoms with Crippen LogP contribution < -0.4 is 10.6 Å². The van der Waals surface area contributed by atoms with Crippen molar-refractivity contribution in [3.05, 3.63) is 90.0 Å². The quantitative estimate of drug-likeness (QED) is 0.657. The zero-order valence-corrected chi connectivity index (χ0v) is 14.0. The Morgan fingerprint density at radius 3 is 2.19 bits per heavy atom. The summed E-state index contributed by atoms with van der Waals surface area (Å²) in [7, 11) is 0. The van der Waals surface area contributed by atoms with Crippen LogP contribution in [0.2, 0.25) is 0 Å². The van der Waals surface area contributed by atoms with Crippen molar-refractivity contribution in [1.29, 1.82) is 0 Å². The van der Waals surface area contributed by atoms with Crippen LogP contribution in [-0.2, 0) is 11.2 Å². The number of nitrogens with one attached hydrogen (secondary N) is 2. The third-order valence-electron chi connectivity index (χ3n) is 3.72. The van der Waals surface area contributed by atoms with E-state index in [4.69, 9.17) is 0 Å². The Labute approximate surface area is 151 Å². The van der Waals surface area contributed by atoms with E-state index < -0.39 is 0 Å². The van der Waals surface area contributed by atoms with Crippen molar-refractivity contribution < 1.29 is 14.7 Å². The van der Waals surface area contributed by atoms with E-state index in [1.807, 2.05) is 30.3 Å². The van der Waals surface area contributed by atoms with Gasteiger partial charge in [-0.05, 0) is 35.9 Å². The normalized spacial score (nSPS) is 10.2. The van der Waals surface area contributed by atoms with Crippen molar-refractivity contribution in [1.82, 2.24) is 0 Å². The summed E-state index contributed by atoms with van der Waals surface area (Å²) in [5, 5.41) is 15.0. The van der Waals surface area contributed by atoms with Crippen molar-refractivity contribution in [3.8, 4) is 5.75 Å². The lowest BCUT2D eigenvalue weighted by Gasteiger charge is -2.09. The van der Waals surface area contributed by atoms with Crippen LogP contribution in [0.4, 0.5) is 11.4 Å². The number of rotatable bonds is 5. The van der Waals surface area contributed by atoms with Crippen LogP contribution in [0, 0.1) is 0 Å². The first-order valence-corrected chi connectivity index (χ1v) is 8.14. The average molecular weight is 346 g/mol. The van der Waals surface area contributed by atoms with Crippen molar-refractivity contribution in [2.75, 3.05) is 10.6 Å². The van der Waals surface area contributed by atoms with Gasteiger partial charge in [0.05, 0.1) is 6.42 Å². The molecule has 0 aliphatic heterocycles. The van der Waals surface area contributed by atoms with E-state index in [2.05, 4.69) is 10.6 Å². The van der Waals surface area contributed by atoms with Crippen LogP contribution in [-0.4, -0.2) is 16.9 Å². The highest BCUT2D eigenvalue weighted by Gasteiger charge is 2.09. The number of phenols is 1. The molecule has 3 aromatic rings. The van der Waals surface area contributed by atoms with Crippen molar-refractivity contribution in [3.63, 3.8) is 0 Å². The first-order chi connectivity index (χ1) is 12.6. The summed E-state index contributed by atoms with van der Waals surface area (Å²) >= 11 is 0. The number of aromatic hydroxyl groups is 1. The second-order valence-corrected chi connectivity index (χ2v) is 5.80. The van der Waals surface area contributed by atoms with Gasteiger partial charge in [0.2, 0.25) is 5.91 Å². The van der Waals surface area contributed by atoms with Crippen molar-refractivity contribution in [2.45, 2.75) is 6.42 Å². The molecule has 0 spiro atoms. The molecule has 3 rings (SSSR count). The lowest BCUT2D eigenvalue weighted by molar-refractivity contribution is -0.115. The summed E-state index contributed by atoms with van der Waals surface area (Å²) in [6.07, 6.45) is 0.264. The number of carbonyl (C=O) groups excluding carboxylic acids is 2. The van der Waals surface area contributed by atoms with Gasteiger partial charge in [0.1, 0.15) is 5.75 Å². The van der Waals surface area contributed by atoms with E-state index in [-0.39, 0.29) is 24.0 Å². The van der Waals surface area contributed by atoms with Crippen LogP contribution in [0.3, 0.4) is 0 Å². The first-order valence-electron chi connectivity index (χ1n) is 8.14. The molecule has 3 aromatic carbocycles. The van der Waals surface area contributed by atoms with Crippen molar-refractivity contribution >= 4 is 23.2 Å². The predicted molar refractivity (Wildman–Crippen MR) is 101 cm³/mol. The van der Waals surface area contributed by atoms with Crippen LogP contribution in [0.5, 0.6) is 5.75 Å². The minimum atomic E-state index is -0.324. The van der Waals surface area contributed by atoms with Crippen LogP contribution in [0.25, 0.3) is 0 Å². The Hall–Kier alpha value is -3.60. The number of amides is 2. The topological polar surface area (TPSA) is 78.4 Å². The molecule has 2 amide bonds. The highest BCUT2D eigenvalue weighted by atomic mass is 16.3. The Balaban J connectivity index is 1.65. The smallest absolute Gasteiger partial charge is 0.255 e. The molecule has 26 heavy (non-hydrogen) atoms. The molecule has 0 aliphatic rings. The van der Waals surface area contributed by atoms with Gasteiger partial charge in [-0.15, -0.1) is 0 Å². The molecule has 0 heterocycles. The van der Waals surface area contributed by atoms with Crippen LogP contribution in [0.1, 0.15) is 15.9 Å². The van der Waals surface area contributed by atoms with Gasteiger partial charge in [-0.3, -0.25) is 9.59 Å². The highest BCUT2D eigenvalue weighted by Crippen LogP contribution is 2.17. The van der Waals surface area contributed by atoms with Gasteiger partial charge >= 0.3 is 0 Å². The molecule has 0 saturated heterocycles. The fourth-order valence-corrected chi connectivity index (χ4v) is 2.51. The number of hydrogen-bond donors (Lipinski definition) is 3. The maximum atomic E-state index is 12.3. The Bertz CT molecular complexity index is 923. The molecule has 5 nitrogen and oxygen atoms in total. The highest BCUT2D eigenvalue weighted by molar-refractivity contribution is 6.05. The number of carbonyl (C=O) groups is 2. The molecule has 0 radical (unpaired) electrons. The first kappa shape index (κ1) is 17.2. The molecule has 5 heteroatoms. The Morgan fingerprint density at radius 1 is 0.769 bits per heavy atom. The third-order valence-corrected chi connectivity index (χ3v) is 3.72. The summed E-state index contributed by atoms with van der Waals surface area (Å²) in [5.41, 5.74) is 2.37. The summed E-state index contributed by atoms with van der Waals surface area (Å²) in [6.45, 7) is 0. The second-order valence-electron chi connectivity index (χ2n) is 5.80. The zero-order valence-electron chi connectivity index (χ0n) is 14.0. The van der Waals surface area contributed by atoms with Gasteiger partial charge in [-0.1, -0.05) is 42.5 Å². The fourth-order valence-electron chi connectivity index (χ4n) is 2.51. The fraction of sp³-hybridized carbons (Fsp3) is 0.0476. The molecule has 0 atom stereocenters. The van der Waals surface area contributed by atoms with Crippen LogP contribution in [0.15, 0.2) is 78.9 Å². The van der Waals surface area contributed by atoms with E-state index in [1.165, 1.54) is 12.1 Å². The summed E-state index contributed by atoms with van der Waals surface area (Å²) in [6, 6.07) is 22.5. The molecular weight excluding hydrogens is 328 g/mol. The monoisotopic (exact) mass is 346 g/mol. The minimum absolute atomic E-state index is 0.0738.